The van der Waals surface area contributed by atoms with Crippen LogP contribution in [0.2, 0.25) is 0 Å². The summed E-state index contributed by atoms with van der Waals surface area (Å²) in [5.74, 6) is 0.893. The van der Waals surface area contributed by atoms with Crippen molar-refractivity contribution in [3.05, 3.63) is 59.8 Å². The Morgan fingerprint density at radius 2 is 1.59 bits per heavy atom. The van der Waals surface area contributed by atoms with E-state index >= 15 is 0 Å². The topological polar surface area (TPSA) is 54.9 Å². The Morgan fingerprint density at radius 3 is 2.24 bits per heavy atom. The van der Waals surface area contributed by atoms with E-state index in [9.17, 15) is 4.79 Å². The first-order chi connectivity index (χ1) is 14.0. The first-order valence-corrected chi connectivity index (χ1v) is 10.4. The highest BCUT2D eigenvalue weighted by atomic mass is 16.5. The molecule has 1 aromatic heterocycles. The molecule has 1 amide bonds. The predicted molar refractivity (Wildman–Crippen MR) is 112 cm³/mol. The smallest absolute Gasteiger partial charge is 0.255 e. The van der Waals surface area contributed by atoms with E-state index in [2.05, 4.69) is 23.7 Å². The fourth-order valence-corrected chi connectivity index (χ4v) is 4.22. The van der Waals surface area contributed by atoms with Gasteiger partial charge in [0.15, 0.2) is 0 Å². The van der Waals surface area contributed by atoms with Crippen molar-refractivity contribution < 1.29 is 14.3 Å². The van der Waals surface area contributed by atoms with Crippen molar-refractivity contribution in [3.63, 3.8) is 0 Å². The average molecular weight is 396 g/mol. The lowest BCUT2D eigenvalue weighted by molar-refractivity contribution is -0.0691. The van der Waals surface area contributed by atoms with Crippen molar-refractivity contribution in [2.24, 2.45) is 0 Å². The van der Waals surface area contributed by atoms with E-state index in [4.69, 9.17) is 9.47 Å². The number of carbonyl (C=O) groups is 1. The molecule has 0 N–H and O–H groups in total. The van der Waals surface area contributed by atoms with Crippen molar-refractivity contribution >= 4 is 11.7 Å². The monoisotopic (exact) mass is 395 g/mol. The van der Waals surface area contributed by atoms with Crippen molar-refractivity contribution in [1.82, 2.24) is 9.88 Å². The Bertz CT molecular complexity index is 817. The molecule has 0 radical (unpaired) electrons. The minimum atomic E-state index is -0.104. The van der Waals surface area contributed by atoms with Gasteiger partial charge in [-0.2, -0.15) is 0 Å². The lowest BCUT2D eigenvalue weighted by atomic mass is 10.1. The second-order valence-corrected chi connectivity index (χ2v) is 8.12. The number of morpholine rings is 2. The Morgan fingerprint density at radius 1 is 0.897 bits per heavy atom. The van der Waals surface area contributed by atoms with E-state index in [0.29, 0.717) is 18.7 Å². The molecule has 154 valence electrons. The molecule has 0 saturated carbocycles. The molecule has 2 saturated heterocycles. The molecule has 4 atom stereocenters. The Balaban J connectivity index is 1.46. The lowest BCUT2D eigenvalue weighted by Crippen LogP contribution is -2.46. The van der Waals surface area contributed by atoms with E-state index in [1.165, 1.54) is 0 Å². The van der Waals surface area contributed by atoms with Gasteiger partial charge in [0.2, 0.25) is 0 Å². The summed E-state index contributed by atoms with van der Waals surface area (Å²) in [6.07, 6.45) is 1.92. The van der Waals surface area contributed by atoms with E-state index in [1.807, 2.05) is 54.3 Å². The second-order valence-electron chi connectivity index (χ2n) is 8.12. The molecule has 0 bridgehead atoms. The maximum absolute atomic E-state index is 13.1. The minimum absolute atomic E-state index is 0.00356. The van der Waals surface area contributed by atoms with Gasteiger partial charge in [0.05, 0.1) is 30.4 Å². The molecule has 0 spiro atoms. The number of anilines is 1. The first-order valence-electron chi connectivity index (χ1n) is 10.4. The van der Waals surface area contributed by atoms with Gasteiger partial charge in [-0.25, -0.2) is 4.98 Å². The molecule has 6 heteroatoms. The summed E-state index contributed by atoms with van der Waals surface area (Å²) in [4.78, 5) is 21.8. The van der Waals surface area contributed by atoms with Crippen molar-refractivity contribution in [1.29, 1.82) is 0 Å². The summed E-state index contributed by atoms with van der Waals surface area (Å²) >= 11 is 0. The number of ether oxygens (including phenoxy) is 2. The minimum Gasteiger partial charge on any atom is -0.372 e. The van der Waals surface area contributed by atoms with Crippen LogP contribution in [0.15, 0.2) is 48.7 Å². The molecule has 6 nitrogen and oxygen atoms in total. The molecule has 2 fully saturated rings. The van der Waals surface area contributed by atoms with Gasteiger partial charge in [0.1, 0.15) is 11.9 Å². The standard InChI is InChI=1S/C23H29N3O3/c1-16-12-25(13-17(2)28-16)22-10-9-20(11-24-22)23(27)26-14-18(3)29-21(15-26)19-7-5-4-6-8-19/h4-11,16-18,21H,12-15H2,1-3H3/t16-,17-,18+,21-/m1/s1. The molecular weight excluding hydrogens is 366 g/mol. The van der Waals surface area contributed by atoms with Crippen LogP contribution < -0.4 is 4.90 Å². The second kappa shape index (κ2) is 8.51. The first kappa shape index (κ1) is 19.9. The van der Waals surface area contributed by atoms with Crippen LogP contribution in [0.1, 0.15) is 42.8 Å². The Labute approximate surface area is 172 Å². The molecule has 29 heavy (non-hydrogen) atoms. The maximum Gasteiger partial charge on any atom is 0.255 e. The van der Waals surface area contributed by atoms with Crippen LogP contribution in [0.3, 0.4) is 0 Å². The third-order valence-electron chi connectivity index (χ3n) is 5.46. The molecular formula is C23H29N3O3. The van der Waals surface area contributed by atoms with Gasteiger partial charge in [-0.3, -0.25) is 4.79 Å². The van der Waals surface area contributed by atoms with E-state index in [-0.39, 0.29) is 30.3 Å². The summed E-state index contributed by atoms with van der Waals surface area (Å²) in [7, 11) is 0. The summed E-state index contributed by atoms with van der Waals surface area (Å²) in [6, 6.07) is 13.9. The average Bonchev–Trinajstić information content (AvgIpc) is 2.73. The highest BCUT2D eigenvalue weighted by Crippen LogP contribution is 2.26. The van der Waals surface area contributed by atoms with Crippen LogP contribution in [0.4, 0.5) is 5.82 Å². The molecule has 4 rings (SSSR count). The van der Waals surface area contributed by atoms with Gasteiger partial charge in [0.25, 0.3) is 5.91 Å². The fourth-order valence-electron chi connectivity index (χ4n) is 4.22. The zero-order valence-corrected chi connectivity index (χ0v) is 17.3. The number of hydrogen-bond donors (Lipinski definition) is 0. The van der Waals surface area contributed by atoms with Crippen LogP contribution in [0.5, 0.6) is 0 Å². The van der Waals surface area contributed by atoms with E-state index < -0.39 is 0 Å². The van der Waals surface area contributed by atoms with Crippen molar-refractivity contribution in [2.45, 2.75) is 45.2 Å². The largest absolute Gasteiger partial charge is 0.372 e. The SMILES string of the molecule is C[C@@H]1CN(c2ccc(C(=O)N3C[C@H](C)O[C@@H](c4ccccc4)C3)cn2)C[C@@H](C)O1. The third kappa shape index (κ3) is 4.60. The highest BCUT2D eigenvalue weighted by molar-refractivity contribution is 5.94. The van der Waals surface area contributed by atoms with Gasteiger partial charge in [-0.05, 0) is 38.5 Å². The van der Waals surface area contributed by atoms with E-state index in [1.54, 1.807) is 6.20 Å². The van der Waals surface area contributed by atoms with Gasteiger partial charge in [-0.15, -0.1) is 0 Å². The lowest BCUT2D eigenvalue weighted by Gasteiger charge is -2.37. The van der Waals surface area contributed by atoms with Gasteiger partial charge < -0.3 is 19.3 Å². The normalized spacial score (nSPS) is 27.7. The zero-order valence-electron chi connectivity index (χ0n) is 17.3. The molecule has 2 aromatic rings. The van der Waals surface area contributed by atoms with Gasteiger partial charge in [-0.1, -0.05) is 30.3 Å². The predicted octanol–water partition coefficient (Wildman–Crippen LogP) is 3.30. The zero-order chi connectivity index (χ0) is 20.4. The number of rotatable bonds is 3. The van der Waals surface area contributed by atoms with Crippen LogP contribution in [-0.4, -0.2) is 60.3 Å². The Hall–Kier alpha value is -2.44. The molecule has 0 unspecified atom stereocenters. The summed E-state index contributed by atoms with van der Waals surface area (Å²) < 4.78 is 11.9. The number of aromatic nitrogens is 1. The number of carbonyl (C=O) groups excluding carboxylic acids is 1. The molecule has 3 heterocycles. The molecule has 2 aliphatic rings. The van der Waals surface area contributed by atoms with Crippen LogP contribution in [-0.2, 0) is 9.47 Å². The van der Waals surface area contributed by atoms with Crippen LogP contribution in [0, 0.1) is 0 Å². The van der Waals surface area contributed by atoms with E-state index in [0.717, 1.165) is 24.5 Å². The summed E-state index contributed by atoms with van der Waals surface area (Å²) in [5, 5.41) is 0. The molecule has 0 aliphatic carbocycles. The quantitative estimate of drug-likeness (QED) is 0.798. The number of pyridine rings is 1. The van der Waals surface area contributed by atoms with Crippen molar-refractivity contribution in [2.75, 3.05) is 31.1 Å². The van der Waals surface area contributed by atoms with Gasteiger partial charge in [0, 0.05) is 25.8 Å². The fraction of sp³-hybridized carbons (Fsp3) is 0.478. The van der Waals surface area contributed by atoms with Crippen LogP contribution in [0.25, 0.3) is 0 Å². The summed E-state index contributed by atoms with van der Waals surface area (Å²) in [5.41, 5.74) is 1.71. The highest BCUT2D eigenvalue weighted by Gasteiger charge is 2.30. The molecule has 1 aromatic carbocycles. The third-order valence-corrected chi connectivity index (χ3v) is 5.46. The van der Waals surface area contributed by atoms with Gasteiger partial charge >= 0.3 is 0 Å². The maximum atomic E-state index is 13.1. The van der Waals surface area contributed by atoms with Crippen molar-refractivity contribution in [3.8, 4) is 0 Å². The number of hydrogen-bond acceptors (Lipinski definition) is 5. The summed E-state index contributed by atoms with van der Waals surface area (Å²) in [6.45, 7) is 8.91. The van der Waals surface area contributed by atoms with Crippen LogP contribution >= 0.6 is 0 Å². The number of benzene rings is 1. The number of amides is 1. The Kier molecular flexibility index (Phi) is 5.83. The molecule has 2 aliphatic heterocycles. The number of nitrogens with zero attached hydrogens (tertiary/aromatic N) is 3.